The molecular weight excluding hydrogens is 564 g/mol. The number of piperidine rings is 1. The van der Waals surface area contributed by atoms with Gasteiger partial charge in [0.2, 0.25) is 21.8 Å². The van der Waals surface area contributed by atoms with Crippen LogP contribution < -0.4 is 5.32 Å². The van der Waals surface area contributed by atoms with Crippen molar-refractivity contribution in [1.29, 1.82) is 0 Å². The molecule has 3 aromatic carbocycles. The lowest BCUT2D eigenvalue weighted by atomic mass is 10.0. The number of fused-ring (bicyclic) bond motifs is 1. The van der Waals surface area contributed by atoms with Crippen molar-refractivity contribution in [3.8, 4) is 0 Å². The molecule has 0 aromatic heterocycles. The van der Waals surface area contributed by atoms with Gasteiger partial charge in [0.05, 0.1) is 4.90 Å². The molecule has 0 radical (unpaired) electrons. The lowest BCUT2D eigenvalue weighted by Gasteiger charge is -2.36. The third-order valence-electron chi connectivity index (χ3n) is 8.10. The minimum Gasteiger partial charge on any atom is -0.349 e. The maximum absolute atomic E-state index is 13.5. The Bertz CT molecular complexity index is 1570. The summed E-state index contributed by atoms with van der Waals surface area (Å²) in [7, 11) is -2.55. The predicted octanol–water partition coefficient (Wildman–Crippen LogP) is 3.52. The molecule has 2 fully saturated rings. The topological polar surface area (TPSA) is 107 Å². The lowest BCUT2D eigenvalue weighted by Crippen LogP contribution is -2.53. The number of likely N-dealkylation sites (N-methyl/N-ethyl adjacent to an activating group) is 1. The average molecular weight is 597 g/mol. The van der Waals surface area contributed by atoms with Crippen LogP contribution >= 0.6 is 11.6 Å². The number of likely N-dealkylation sites (tertiary alicyclic amines) is 2. The Kier molecular flexibility index (Phi) is 8.35. The Labute approximate surface area is 245 Å². The summed E-state index contributed by atoms with van der Waals surface area (Å²) in [5.41, 5.74) is 0.597. The van der Waals surface area contributed by atoms with Gasteiger partial charge >= 0.3 is 0 Å². The van der Waals surface area contributed by atoms with Gasteiger partial charge in [-0.15, -0.1) is 0 Å². The van der Waals surface area contributed by atoms with Crippen molar-refractivity contribution in [3.63, 3.8) is 0 Å². The van der Waals surface area contributed by atoms with E-state index >= 15 is 0 Å². The quantitative estimate of drug-likeness (QED) is 0.449. The number of carbonyl (C=O) groups excluding carboxylic acids is 3. The van der Waals surface area contributed by atoms with Crippen LogP contribution in [-0.2, 0) is 19.6 Å². The Morgan fingerprint density at radius 3 is 2.32 bits per heavy atom. The fourth-order valence-corrected chi connectivity index (χ4v) is 7.16. The van der Waals surface area contributed by atoms with Crippen molar-refractivity contribution in [1.82, 2.24) is 19.4 Å². The summed E-state index contributed by atoms with van der Waals surface area (Å²) in [4.78, 5) is 42.5. The van der Waals surface area contributed by atoms with E-state index in [0.29, 0.717) is 42.9 Å². The van der Waals surface area contributed by atoms with Gasteiger partial charge in [0, 0.05) is 43.3 Å². The minimum absolute atomic E-state index is 0.0363. The summed E-state index contributed by atoms with van der Waals surface area (Å²) in [5, 5.41) is 5.14. The minimum atomic E-state index is -3.96. The van der Waals surface area contributed by atoms with E-state index in [0.717, 1.165) is 15.1 Å². The monoisotopic (exact) mass is 596 g/mol. The summed E-state index contributed by atoms with van der Waals surface area (Å²) < 4.78 is 28.0. The zero-order valence-corrected chi connectivity index (χ0v) is 24.6. The molecule has 2 aliphatic heterocycles. The number of hydrogen-bond donors (Lipinski definition) is 1. The standard InChI is InChI=1S/C30H33ClN4O5S/c1-20(29(37)34-15-12-25(13-16-34)32-28(36)21-6-4-3-5-7-21)35-17-14-27(30(35)38)33(2)41(39,40)26-11-9-22-18-24(31)10-8-23(22)19-26/h3-11,18-20,25,27H,12-17H2,1-2H3,(H,32,36)/t20-,27+/m1/s1. The number of amides is 3. The normalized spacial score (nSPS) is 19.1. The first-order valence-corrected chi connectivity index (χ1v) is 15.5. The van der Waals surface area contributed by atoms with E-state index in [4.69, 9.17) is 11.6 Å². The van der Waals surface area contributed by atoms with Crippen LogP contribution in [0.1, 0.15) is 36.5 Å². The largest absolute Gasteiger partial charge is 0.349 e. The van der Waals surface area contributed by atoms with Crippen LogP contribution in [0.15, 0.2) is 71.6 Å². The number of benzene rings is 3. The molecule has 0 unspecified atom stereocenters. The van der Waals surface area contributed by atoms with Crippen LogP contribution in [0.3, 0.4) is 0 Å². The molecule has 3 amide bonds. The van der Waals surface area contributed by atoms with Gasteiger partial charge in [-0.2, -0.15) is 4.31 Å². The Morgan fingerprint density at radius 1 is 0.951 bits per heavy atom. The summed E-state index contributed by atoms with van der Waals surface area (Å²) in [6.07, 6.45) is 1.53. The van der Waals surface area contributed by atoms with Gasteiger partial charge in [-0.3, -0.25) is 14.4 Å². The van der Waals surface area contributed by atoms with Gasteiger partial charge in [-0.05, 0) is 73.4 Å². The Morgan fingerprint density at radius 2 is 1.61 bits per heavy atom. The number of sulfonamides is 1. The van der Waals surface area contributed by atoms with Crippen LogP contribution in [0.5, 0.6) is 0 Å². The summed E-state index contributed by atoms with van der Waals surface area (Å²) in [5.74, 6) is -0.690. The van der Waals surface area contributed by atoms with Gasteiger partial charge in [0.15, 0.2) is 0 Å². The molecular formula is C30H33ClN4O5S. The van der Waals surface area contributed by atoms with E-state index in [1.54, 1.807) is 54.3 Å². The highest BCUT2D eigenvalue weighted by Crippen LogP contribution is 2.28. The van der Waals surface area contributed by atoms with E-state index < -0.39 is 22.1 Å². The van der Waals surface area contributed by atoms with Crippen LogP contribution in [0.4, 0.5) is 0 Å². The number of carbonyl (C=O) groups is 3. The number of hydrogen-bond acceptors (Lipinski definition) is 5. The second-order valence-electron chi connectivity index (χ2n) is 10.6. The smallest absolute Gasteiger partial charge is 0.251 e. The SMILES string of the molecule is C[C@H](C(=O)N1CCC(NC(=O)c2ccccc2)CC1)N1CC[C@H](N(C)S(=O)(=O)c2ccc3cc(Cl)ccc3c2)C1=O. The summed E-state index contributed by atoms with van der Waals surface area (Å²) >= 11 is 6.05. The molecule has 2 atom stereocenters. The third-order valence-corrected chi connectivity index (χ3v) is 10.2. The van der Waals surface area contributed by atoms with Gasteiger partial charge in [-0.25, -0.2) is 8.42 Å². The van der Waals surface area contributed by atoms with Crippen molar-refractivity contribution < 1.29 is 22.8 Å². The van der Waals surface area contributed by atoms with Crippen molar-refractivity contribution in [2.24, 2.45) is 0 Å². The van der Waals surface area contributed by atoms with E-state index in [9.17, 15) is 22.8 Å². The highest BCUT2D eigenvalue weighted by atomic mass is 35.5. The molecule has 5 rings (SSSR count). The first-order valence-electron chi connectivity index (χ1n) is 13.7. The van der Waals surface area contributed by atoms with Crippen molar-refractivity contribution in [2.45, 2.75) is 49.2 Å². The van der Waals surface area contributed by atoms with Gasteiger partial charge in [-0.1, -0.05) is 41.9 Å². The molecule has 216 valence electrons. The van der Waals surface area contributed by atoms with E-state index in [-0.39, 0.29) is 35.2 Å². The fourth-order valence-electron chi connectivity index (χ4n) is 5.60. The first kappa shape index (κ1) is 29.0. The fraction of sp³-hybridized carbons (Fsp3) is 0.367. The van der Waals surface area contributed by atoms with E-state index in [2.05, 4.69) is 5.32 Å². The van der Waals surface area contributed by atoms with Gasteiger partial charge in [0.25, 0.3) is 5.91 Å². The second kappa shape index (κ2) is 11.8. The highest BCUT2D eigenvalue weighted by Gasteiger charge is 2.43. The van der Waals surface area contributed by atoms with Crippen LogP contribution in [0, 0.1) is 0 Å². The average Bonchev–Trinajstić information content (AvgIpc) is 3.37. The van der Waals surface area contributed by atoms with E-state index in [1.807, 2.05) is 18.2 Å². The molecule has 0 bridgehead atoms. The number of rotatable bonds is 7. The molecule has 2 heterocycles. The molecule has 41 heavy (non-hydrogen) atoms. The number of nitrogens with one attached hydrogen (secondary N) is 1. The summed E-state index contributed by atoms with van der Waals surface area (Å²) in [6, 6.07) is 17.4. The maximum atomic E-state index is 13.5. The van der Waals surface area contributed by atoms with Gasteiger partial charge in [0.1, 0.15) is 12.1 Å². The third kappa shape index (κ3) is 5.95. The molecule has 2 aliphatic rings. The predicted molar refractivity (Wildman–Crippen MR) is 157 cm³/mol. The van der Waals surface area contributed by atoms with Crippen LogP contribution in [0.25, 0.3) is 10.8 Å². The second-order valence-corrected chi connectivity index (χ2v) is 13.1. The molecule has 0 saturated carbocycles. The maximum Gasteiger partial charge on any atom is 0.251 e. The van der Waals surface area contributed by atoms with Crippen molar-refractivity contribution in [3.05, 3.63) is 77.3 Å². The Hall–Kier alpha value is -3.47. The molecule has 9 nitrogen and oxygen atoms in total. The molecule has 2 saturated heterocycles. The molecule has 1 N–H and O–H groups in total. The highest BCUT2D eigenvalue weighted by molar-refractivity contribution is 7.89. The van der Waals surface area contributed by atoms with Crippen LogP contribution in [0.2, 0.25) is 5.02 Å². The van der Waals surface area contributed by atoms with Crippen molar-refractivity contribution >= 4 is 50.1 Å². The van der Waals surface area contributed by atoms with Gasteiger partial charge < -0.3 is 15.1 Å². The molecule has 3 aromatic rings. The molecule has 0 spiro atoms. The van der Waals surface area contributed by atoms with Crippen molar-refractivity contribution in [2.75, 3.05) is 26.7 Å². The zero-order chi connectivity index (χ0) is 29.3. The lowest BCUT2D eigenvalue weighted by molar-refractivity contribution is -0.144. The first-order chi connectivity index (χ1) is 19.6. The number of nitrogens with zero attached hydrogens (tertiary/aromatic N) is 3. The van der Waals surface area contributed by atoms with E-state index in [1.165, 1.54) is 18.0 Å². The summed E-state index contributed by atoms with van der Waals surface area (Å²) in [6.45, 7) is 2.91. The molecule has 11 heteroatoms. The zero-order valence-electron chi connectivity index (χ0n) is 23.0. The molecule has 0 aliphatic carbocycles. The van der Waals surface area contributed by atoms with Crippen LogP contribution in [-0.4, -0.2) is 85.1 Å². The Balaban J connectivity index is 1.19. The number of halogens is 1.